The molecule has 0 aliphatic carbocycles. The molecule has 1 heterocycles. The molecule has 1 aliphatic heterocycles. The van der Waals surface area contributed by atoms with Crippen molar-refractivity contribution in [1.29, 1.82) is 0 Å². The fraction of sp³-hybridized carbons (Fsp3) is 0.737. The van der Waals surface area contributed by atoms with E-state index in [1.807, 2.05) is 67.5 Å². The summed E-state index contributed by atoms with van der Waals surface area (Å²) in [6.45, 7) is 35.4. The highest BCUT2D eigenvalue weighted by Crippen LogP contribution is 2.38. The Labute approximate surface area is 464 Å². The first-order chi connectivity index (χ1) is 35.5. The van der Waals surface area contributed by atoms with Gasteiger partial charge in [0.25, 0.3) is 0 Å². The van der Waals surface area contributed by atoms with Crippen molar-refractivity contribution in [3.05, 3.63) is 35.4 Å². The Balaban J connectivity index is 2.61. The van der Waals surface area contributed by atoms with E-state index in [9.17, 15) is 43.2 Å². The van der Waals surface area contributed by atoms with Crippen molar-refractivity contribution in [2.24, 2.45) is 11.3 Å². The van der Waals surface area contributed by atoms with E-state index < -0.39 is 149 Å². The topological polar surface area (TPSA) is 272 Å². The first-order valence-corrected chi connectivity index (χ1v) is 27.4. The predicted molar refractivity (Wildman–Crippen MR) is 297 cm³/mol. The van der Waals surface area contributed by atoms with Gasteiger partial charge in [-0.05, 0) is 139 Å². The molecule has 20 nitrogen and oxygen atoms in total. The molecule has 6 N–H and O–H groups in total. The molecule has 2 rings (SSSR count). The van der Waals surface area contributed by atoms with Crippen molar-refractivity contribution in [3.8, 4) is 0 Å². The number of benzene rings is 1. The van der Waals surface area contributed by atoms with Gasteiger partial charge in [0.2, 0.25) is 35.4 Å². The molecule has 1 fully saturated rings. The summed E-state index contributed by atoms with van der Waals surface area (Å²) in [5.74, 6) is -7.46. The van der Waals surface area contributed by atoms with E-state index in [1.54, 1.807) is 95.2 Å². The van der Waals surface area contributed by atoms with E-state index in [2.05, 4.69) is 31.9 Å². The van der Waals surface area contributed by atoms with Crippen LogP contribution in [0.3, 0.4) is 0 Å². The molecule has 0 spiro atoms. The van der Waals surface area contributed by atoms with Crippen LogP contribution >= 0.6 is 0 Å². The molecule has 6 atom stereocenters. The molecule has 1 aromatic carbocycles. The highest BCUT2D eigenvalue weighted by molar-refractivity contribution is 6.48. The van der Waals surface area contributed by atoms with E-state index in [-0.39, 0.29) is 31.6 Å². The smallest absolute Gasteiger partial charge is 0.460 e. The molecule has 0 aromatic heterocycles. The van der Waals surface area contributed by atoms with Crippen LogP contribution in [0.5, 0.6) is 0 Å². The number of hydrogen-bond acceptors (Lipinski definition) is 14. The number of carbonyl (C=O) groups is 9. The Bertz CT molecular complexity index is 2240. The van der Waals surface area contributed by atoms with Crippen molar-refractivity contribution in [2.75, 3.05) is 0 Å². The lowest BCUT2D eigenvalue weighted by Crippen LogP contribution is -2.62. The number of esters is 3. The zero-order chi connectivity index (χ0) is 59.9. The quantitative estimate of drug-likeness (QED) is 0.0356. The molecule has 1 unspecified atom stereocenters. The molecule has 0 bridgehead atoms. The summed E-state index contributed by atoms with van der Waals surface area (Å²) in [6.07, 6.45) is -0.802. The van der Waals surface area contributed by atoms with Crippen molar-refractivity contribution in [2.45, 2.75) is 260 Å². The van der Waals surface area contributed by atoms with E-state index in [4.69, 9.17) is 23.5 Å². The lowest BCUT2D eigenvalue weighted by Gasteiger charge is -2.34. The third-order valence-electron chi connectivity index (χ3n) is 12.7. The molecular weight excluding hydrogens is 1000 g/mol. The summed E-state index contributed by atoms with van der Waals surface area (Å²) >= 11 is 0. The number of amides is 6. The number of carbonyl (C=O) groups excluding carboxylic acids is 9. The maximum Gasteiger partial charge on any atom is 0.481 e. The van der Waals surface area contributed by atoms with Crippen molar-refractivity contribution in [1.82, 2.24) is 31.9 Å². The Hall–Kier alpha value is -5.57. The van der Waals surface area contributed by atoms with Gasteiger partial charge in [0.15, 0.2) is 0 Å². The molecule has 1 aromatic rings. The zero-order valence-electron chi connectivity index (χ0n) is 50.5. The SMILES string of the molecule is CCCC(NC(=O)[C@H](CC(C)C)NC(=O)[C@@H](NC(=O)[C@H](Cc1ccccc1C)NC(=O)[C@H](CCC(=O)OC(C)(C)C)NC(=O)[C@H](CC(=O)OC(C)(C)C)NC(=O)CCC(=O)OC(C)(C)C)C(C)(C)C)B1OC(C)(C)C(C)(C)O1. The van der Waals surface area contributed by atoms with Gasteiger partial charge in [-0.25, -0.2) is 0 Å². The van der Waals surface area contributed by atoms with Crippen molar-refractivity contribution < 1.29 is 66.7 Å². The normalized spacial score (nSPS) is 16.8. The lowest BCUT2D eigenvalue weighted by molar-refractivity contribution is -0.158. The third-order valence-corrected chi connectivity index (χ3v) is 12.7. The summed E-state index contributed by atoms with van der Waals surface area (Å²) in [6, 6.07) is 0.235. The van der Waals surface area contributed by atoms with Crippen molar-refractivity contribution in [3.63, 3.8) is 0 Å². The average molecular weight is 1100 g/mol. The summed E-state index contributed by atoms with van der Waals surface area (Å²) in [5, 5.41) is 16.7. The highest BCUT2D eigenvalue weighted by Gasteiger charge is 2.54. The molecule has 0 radical (unpaired) electrons. The van der Waals surface area contributed by atoms with E-state index in [0.29, 0.717) is 18.4 Å². The number of rotatable bonds is 26. The molecular formula is C57H95BN6O14. The van der Waals surface area contributed by atoms with Crippen LogP contribution in [0, 0.1) is 18.3 Å². The van der Waals surface area contributed by atoms with Gasteiger partial charge in [0, 0.05) is 19.3 Å². The second-order valence-corrected chi connectivity index (χ2v) is 25.9. The van der Waals surface area contributed by atoms with E-state index in [0.717, 1.165) is 5.56 Å². The third kappa shape index (κ3) is 24.2. The second-order valence-electron chi connectivity index (χ2n) is 25.9. The fourth-order valence-corrected chi connectivity index (χ4v) is 8.17. The Morgan fingerprint density at radius 3 is 1.51 bits per heavy atom. The first-order valence-electron chi connectivity index (χ1n) is 27.4. The molecule has 78 heavy (non-hydrogen) atoms. The minimum atomic E-state index is -1.64. The molecule has 6 amide bonds. The standard InChI is InChI=1S/C57H95BN6O14/c1-21-24-41(58-77-56(17,18)57(19,20)78-58)63-49(71)38(31-34(2)3)62-51(73)46(52(5,6)7)64-50(72)39(32-36-26-23-22-25-35(36)4)61-47(69)37(27-29-43(66)74-53(8,9)10)60-48(70)40(33-45(68)76-55(14,15)16)59-42(65)28-30-44(67)75-54(11,12)13/h22-23,25-26,34,37-41,46H,21,24,27-33H2,1-20H3,(H,59,65)(H,60,70)(H,61,69)(H,62,73)(H,63,71)(H,64,72)/t37-,38-,39-,40-,41?,46+/m0/s1. The monoisotopic (exact) mass is 1100 g/mol. The van der Waals surface area contributed by atoms with Crippen LogP contribution in [-0.4, -0.2) is 125 Å². The Morgan fingerprint density at radius 1 is 0.551 bits per heavy atom. The number of nitrogens with one attached hydrogen (secondary N) is 6. The number of hydrogen-bond donors (Lipinski definition) is 6. The lowest BCUT2D eigenvalue weighted by atomic mass is 9.75. The Morgan fingerprint density at radius 2 is 1.01 bits per heavy atom. The maximum atomic E-state index is 14.8. The van der Waals surface area contributed by atoms with Crippen LogP contribution < -0.4 is 31.9 Å². The average Bonchev–Trinajstić information content (AvgIpc) is 3.48. The largest absolute Gasteiger partial charge is 0.481 e. The van der Waals surface area contributed by atoms with Gasteiger partial charge in [0.05, 0.1) is 30.0 Å². The molecule has 0 saturated carbocycles. The summed E-state index contributed by atoms with van der Waals surface area (Å²) in [7, 11) is -0.747. The van der Waals surface area contributed by atoms with Crippen LogP contribution in [-0.2, 0) is 73.1 Å². The first kappa shape index (κ1) is 68.5. The number of ether oxygens (including phenoxy) is 3. The summed E-state index contributed by atoms with van der Waals surface area (Å²) in [4.78, 5) is 125. The van der Waals surface area contributed by atoms with Gasteiger partial charge in [-0.15, -0.1) is 0 Å². The van der Waals surface area contributed by atoms with Crippen LogP contribution in [0.15, 0.2) is 24.3 Å². The van der Waals surface area contributed by atoms with E-state index in [1.165, 1.54) is 0 Å². The molecule has 1 aliphatic rings. The minimum absolute atomic E-state index is 0.0457. The van der Waals surface area contributed by atoms with Gasteiger partial charge in [-0.1, -0.05) is 72.2 Å². The highest BCUT2D eigenvalue weighted by atomic mass is 16.7. The van der Waals surface area contributed by atoms with Crippen LogP contribution in [0.1, 0.15) is 194 Å². The maximum absolute atomic E-state index is 14.8. The summed E-state index contributed by atoms with van der Waals surface area (Å²) < 4.78 is 28.9. The molecule has 21 heteroatoms. The molecule has 1 saturated heterocycles. The van der Waals surface area contributed by atoms with Gasteiger partial charge in [0.1, 0.15) is 47.0 Å². The van der Waals surface area contributed by atoms with Gasteiger partial charge in [-0.2, -0.15) is 0 Å². The Kier molecular flexibility index (Phi) is 25.1. The minimum Gasteiger partial charge on any atom is -0.460 e. The van der Waals surface area contributed by atoms with Crippen LogP contribution in [0.4, 0.5) is 0 Å². The van der Waals surface area contributed by atoms with Gasteiger partial charge < -0.3 is 55.4 Å². The van der Waals surface area contributed by atoms with Crippen LogP contribution in [0.2, 0.25) is 0 Å². The summed E-state index contributed by atoms with van der Waals surface area (Å²) in [5.41, 5.74) is -3.54. The van der Waals surface area contributed by atoms with Crippen molar-refractivity contribution >= 4 is 60.5 Å². The molecule has 440 valence electrons. The van der Waals surface area contributed by atoms with Crippen LogP contribution in [0.25, 0.3) is 0 Å². The van der Waals surface area contributed by atoms with Gasteiger partial charge >= 0.3 is 25.0 Å². The number of aryl methyl sites for hydroxylation is 1. The van der Waals surface area contributed by atoms with E-state index >= 15 is 0 Å². The van der Waals surface area contributed by atoms with Gasteiger partial charge in [-0.3, -0.25) is 43.2 Å². The second kappa shape index (κ2) is 28.5. The predicted octanol–water partition coefficient (Wildman–Crippen LogP) is 5.95. The zero-order valence-corrected chi connectivity index (χ0v) is 50.5. The fourth-order valence-electron chi connectivity index (χ4n) is 8.17.